The Hall–Kier alpha value is -1.86. The number of aromatic nitrogens is 3. The number of carbonyl (C=O) groups is 1. The number of hydrogen-bond donors (Lipinski definition) is 1. The zero-order valence-corrected chi connectivity index (χ0v) is 15.7. The van der Waals surface area contributed by atoms with Gasteiger partial charge in [-0.15, -0.1) is 11.3 Å². The summed E-state index contributed by atoms with van der Waals surface area (Å²) in [6.45, 7) is 6.78. The van der Waals surface area contributed by atoms with Gasteiger partial charge < -0.3 is 10.0 Å². The summed E-state index contributed by atoms with van der Waals surface area (Å²) in [5.74, 6) is 0.910. The highest BCUT2D eigenvalue weighted by Crippen LogP contribution is 2.37. The maximum absolute atomic E-state index is 13.2. The highest BCUT2D eigenvalue weighted by atomic mass is 32.1. The van der Waals surface area contributed by atoms with Crippen molar-refractivity contribution in [3.63, 3.8) is 0 Å². The number of aliphatic hydroxyl groups is 1. The van der Waals surface area contributed by atoms with Gasteiger partial charge in [-0.1, -0.05) is 13.8 Å². The molecule has 25 heavy (non-hydrogen) atoms. The number of carbonyl (C=O) groups excluding carboxylic acids is 1. The van der Waals surface area contributed by atoms with Crippen LogP contribution in [0.25, 0.3) is 10.8 Å². The minimum Gasteiger partial charge on any atom is -0.394 e. The summed E-state index contributed by atoms with van der Waals surface area (Å²) < 4.78 is 0. The van der Waals surface area contributed by atoms with Crippen molar-refractivity contribution in [3.8, 4) is 10.8 Å². The van der Waals surface area contributed by atoms with E-state index in [0.29, 0.717) is 33.9 Å². The van der Waals surface area contributed by atoms with Gasteiger partial charge in [-0.2, -0.15) is 0 Å². The van der Waals surface area contributed by atoms with Gasteiger partial charge in [0.1, 0.15) is 4.88 Å². The van der Waals surface area contributed by atoms with Crippen LogP contribution >= 0.6 is 11.3 Å². The number of nitrogens with zero attached hydrogens (tertiary/aromatic N) is 4. The second-order valence-corrected chi connectivity index (χ2v) is 8.05. The molecule has 3 heterocycles. The van der Waals surface area contributed by atoms with E-state index >= 15 is 0 Å². The Bertz CT molecular complexity index is 747. The maximum atomic E-state index is 13.2. The first-order valence-electron chi connectivity index (χ1n) is 8.64. The van der Waals surface area contributed by atoms with Crippen LogP contribution in [0.5, 0.6) is 0 Å². The van der Waals surface area contributed by atoms with Gasteiger partial charge in [0.2, 0.25) is 0 Å². The number of amides is 1. The lowest BCUT2D eigenvalue weighted by molar-refractivity contribution is 0.0336. The SMILES string of the molecule is Cc1nc(-c2ncccn2)sc1C(=O)N1CCCC1(CO)CC(C)C. The predicted molar refractivity (Wildman–Crippen MR) is 97.4 cm³/mol. The van der Waals surface area contributed by atoms with Crippen molar-refractivity contribution in [2.45, 2.75) is 45.6 Å². The Morgan fingerprint density at radius 1 is 1.40 bits per heavy atom. The van der Waals surface area contributed by atoms with E-state index in [0.717, 1.165) is 19.3 Å². The van der Waals surface area contributed by atoms with E-state index in [1.54, 1.807) is 18.5 Å². The molecule has 1 N–H and O–H groups in total. The van der Waals surface area contributed by atoms with Crippen molar-refractivity contribution in [1.29, 1.82) is 0 Å². The molecule has 0 aliphatic carbocycles. The predicted octanol–water partition coefficient (Wildman–Crippen LogP) is 2.92. The van der Waals surface area contributed by atoms with Crippen LogP contribution in [0.3, 0.4) is 0 Å². The Labute approximate surface area is 152 Å². The second kappa shape index (κ2) is 7.17. The monoisotopic (exact) mass is 360 g/mol. The van der Waals surface area contributed by atoms with Gasteiger partial charge in [0, 0.05) is 18.9 Å². The third-order valence-corrected chi connectivity index (χ3v) is 5.81. The maximum Gasteiger partial charge on any atom is 0.266 e. The van der Waals surface area contributed by atoms with Crippen LogP contribution in [0, 0.1) is 12.8 Å². The van der Waals surface area contributed by atoms with E-state index in [1.807, 2.05) is 11.8 Å². The minimum atomic E-state index is -0.453. The molecular formula is C18H24N4O2S. The standard InChI is InChI=1S/C18H24N4O2S/c1-12(2)10-18(11-23)6-4-9-22(18)17(24)14-13(3)21-16(25-14)15-19-7-5-8-20-15/h5,7-8,12,23H,4,6,9-11H2,1-3H3. The van der Waals surface area contributed by atoms with Crippen LogP contribution < -0.4 is 0 Å². The van der Waals surface area contributed by atoms with Crippen molar-refractivity contribution >= 4 is 17.2 Å². The molecule has 0 radical (unpaired) electrons. The Balaban J connectivity index is 1.91. The molecule has 1 aliphatic rings. The van der Waals surface area contributed by atoms with E-state index in [9.17, 15) is 9.90 Å². The summed E-state index contributed by atoms with van der Waals surface area (Å²) in [6.07, 6.45) is 5.91. The highest BCUT2D eigenvalue weighted by molar-refractivity contribution is 7.17. The van der Waals surface area contributed by atoms with Gasteiger partial charge in [-0.25, -0.2) is 15.0 Å². The topological polar surface area (TPSA) is 79.2 Å². The number of aryl methyl sites for hydroxylation is 1. The van der Waals surface area contributed by atoms with Gasteiger partial charge in [0.15, 0.2) is 10.8 Å². The van der Waals surface area contributed by atoms with E-state index in [4.69, 9.17) is 0 Å². The fourth-order valence-electron chi connectivity index (χ4n) is 3.68. The quantitative estimate of drug-likeness (QED) is 0.887. The molecule has 0 spiro atoms. The average molecular weight is 360 g/mol. The largest absolute Gasteiger partial charge is 0.394 e. The molecule has 6 nitrogen and oxygen atoms in total. The van der Waals surface area contributed by atoms with Crippen molar-refractivity contribution in [2.24, 2.45) is 5.92 Å². The molecule has 2 aromatic heterocycles. The summed E-state index contributed by atoms with van der Waals surface area (Å²) in [6, 6.07) is 1.75. The fourth-order valence-corrected chi connectivity index (χ4v) is 4.64. The van der Waals surface area contributed by atoms with Crippen LogP contribution in [-0.2, 0) is 0 Å². The first-order chi connectivity index (χ1) is 12.0. The van der Waals surface area contributed by atoms with Gasteiger partial charge in [-0.3, -0.25) is 4.79 Å². The molecule has 1 aliphatic heterocycles. The van der Waals surface area contributed by atoms with E-state index < -0.39 is 5.54 Å². The summed E-state index contributed by atoms with van der Waals surface area (Å²) >= 11 is 1.33. The molecule has 1 unspecified atom stereocenters. The molecule has 1 amide bonds. The molecule has 0 bridgehead atoms. The number of likely N-dealkylation sites (tertiary alicyclic amines) is 1. The normalized spacial score (nSPS) is 20.4. The lowest BCUT2D eigenvalue weighted by atomic mass is 9.87. The fraction of sp³-hybridized carbons (Fsp3) is 0.556. The number of hydrogen-bond acceptors (Lipinski definition) is 6. The van der Waals surface area contributed by atoms with Gasteiger partial charge in [0.05, 0.1) is 17.8 Å². The van der Waals surface area contributed by atoms with Crippen LogP contribution in [0.2, 0.25) is 0 Å². The van der Waals surface area contributed by atoms with Crippen LogP contribution in [0.15, 0.2) is 18.5 Å². The average Bonchev–Trinajstić information content (AvgIpc) is 3.19. The summed E-state index contributed by atoms with van der Waals surface area (Å²) in [4.78, 5) is 28.6. The van der Waals surface area contributed by atoms with Gasteiger partial charge in [0.25, 0.3) is 5.91 Å². The molecule has 3 rings (SSSR count). The number of rotatable bonds is 5. The van der Waals surface area contributed by atoms with E-state index in [1.165, 1.54) is 11.3 Å². The van der Waals surface area contributed by atoms with Crippen LogP contribution in [-0.4, -0.2) is 49.6 Å². The van der Waals surface area contributed by atoms with Crippen molar-refractivity contribution in [2.75, 3.05) is 13.2 Å². The second-order valence-electron chi connectivity index (χ2n) is 7.05. The Morgan fingerprint density at radius 2 is 2.12 bits per heavy atom. The molecule has 1 saturated heterocycles. The first kappa shape index (κ1) is 17.9. The molecule has 1 atom stereocenters. The third kappa shape index (κ3) is 3.43. The molecule has 134 valence electrons. The molecule has 7 heteroatoms. The first-order valence-corrected chi connectivity index (χ1v) is 9.46. The van der Waals surface area contributed by atoms with Crippen LogP contribution in [0.1, 0.15) is 48.5 Å². The zero-order chi connectivity index (χ0) is 18.0. The molecule has 1 fully saturated rings. The summed E-state index contributed by atoms with van der Waals surface area (Å²) in [5.41, 5.74) is 0.242. The minimum absolute atomic E-state index is 0.00340. The molecule has 0 saturated carbocycles. The third-order valence-electron chi connectivity index (χ3n) is 4.67. The van der Waals surface area contributed by atoms with Crippen molar-refractivity contribution in [1.82, 2.24) is 19.9 Å². The van der Waals surface area contributed by atoms with E-state index in [2.05, 4.69) is 28.8 Å². The van der Waals surface area contributed by atoms with Crippen LogP contribution in [0.4, 0.5) is 0 Å². The lowest BCUT2D eigenvalue weighted by Crippen LogP contribution is -2.50. The molecule has 2 aromatic rings. The Morgan fingerprint density at radius 3 is 2.76 bits per heavy atom. The molecule has 0 aromatic carbocycles. The lowest BCUT2D eigenvalue weighted by Gasteiger charge is -2.38. The zero-order valence-electron chi connectivity index (χ0n) is 14.9. The van der Waals surface area contributed by atoms with Gasteiger partial charge >= 0.3 is 0 Å². The number of aliphatic hydroxyl groups excluding tert-OH is 1. The van der Waals surface area contributed by atoms with E-state index in [-0.39, 0.29) is 12.5 Å². The van der Waals surface area contributed by atoms with Crippen molar-refractivity contribution in [3.05, 3.63) is 29.0 Å². The summed E-state index contributed by atoms with van der Waals surface area (Å²) in [5, 5.41) is 10.7. The number of thiazole rings is 1. The highest BCUT2D eigenvalue weighted by Gasteiger charge is 2.44. The Kier molecular flexibility index (Phi) is 5.15. The van der Waals surface area contributed by atoms with Crippen molar-refractivity contribution < 1.29 is 9.90 Å². The molecular weight excluding hydrogens is 336 g/mol. The van der Waals surface area contributed by atoms with Gasteiger partial charge in [-0.05, 0) is 38.2 Å². The summed E-state index contributed by atoms with van der Waals surface area (Å²) in [7, 11) is 0. The smallest absolute Gasteiger partial charge is 0.266 e.